The van der Waals surface area contributed by atoms with Gasteiger partial charge in [0.1, 0.15) is 0 Å². The highest BCUT2D eigenvalue weighted by atomic mass is 79.9. The number of hydrogen-bond donors (Lipinski definition) is 0. The van der Waals surface area contributed by atoms with Gasteiger partial charge in [0.05, 0.1) is 4.90 Å². The van der Waals surface area contributed by atoms with Crippen molar-refractivity contribution in [2.45, 2.75) is 4.90 Å². The maximum Gasteiger partial charge on any atom is 0.237 e. The van der Waals surface area contributed by atoms with Crippen molar-refractivity contribution in [3.05, 3.63) is 28.7 Å². The first kappa shape index (κ1) is 8.93. The predicted molar refractivity (Wildman–Crippen MR) is 43.3 cm³/mol. The zero-order valence-corrected chi connectivity index (χ0v) is 7.63. The Labute approximate surface area is 72.7 Å². The van der Waals surface area contributed by atoms with Crippen molar-refractivity contribution in [1.82, 2.24) is 0 Å². The minimum absolute atomic E-state index is 0.458. The number of benzene rings is 1. The largest absolute Gasteiger partial charge is 0.237 e. The van der Waals surface area contributed by atoms with Gasteiger partial charge in [-0.05, 0) is 18.2 Å². The van der Waals surface area contributed by atoms with E-state index in [1.54, 1.807) is 6.07 Å². The van der Waals surface area contributed by atoms with Crippen molar-refractivity contribution in [1.29, 1.82) is 0 Å². The number of rotatable bonds is 1. The molecule has 0 nitrogen and oxygen atoms in total. The van der Waals surface area contributed by atoms with Crippen LogP contribution in [0.2, 0.25) is 0 Å². The van der Waals surface area contributed by atoms with Crippen molar-refractivity contribution in [2.24, 2.45) is 0 Å². The predicted octanol–water partition coefficient (Wildman–Crippen LogP) is 4.27. The van der Waals surface area contributed by atoms with Gasteiger partial charge in [-0.3, -0.25) is 0 Å². The Balaban J connectivity index is 3.06. The molecule has 1 aromatic carbocycles. The third kappa shape index (κ3) is 2.41. The van der Waals surface area contributed by atoms with Crippen LogP contribution in [0.15, 0.2) is 33.6 Å². The molecule has 5 heteroatoms. The Bertz CT molecular complexity index is 258. The van der Waals surface area contributed by atoms with Crippen molar-refractivity contribution in [3.8, 4) is 0 Å². The Morgan fingerprint density at radius 2 is 1.82 bits per heavy atom. The molecule has 0 radical (unpaired) electrons. The molecular formula is C6H4BrF3S. The summed E-state index contributed by atoms with van der Waals surface area (Å²) in [7, 11) is 0. The van der Waals surface area contributed by atoms with Crippen LogP contribution in [-0.4, -0.2) is 0 Å². The average molecular weight is 245 g/mol. The zero-order chi connectivity index (χ0) is 8.48. The first-order valence-electron chi connectivity index (χ1n) is 2.68. The van der Waals surface area contributed by atoms with Gasteiger partial charge in [-0.25, -0.2) is 0 Å². The molecule has 0 amide bonds. The van der Waals surface area contributed by atoms with Crippen molar-refractivity contribution in [3.63, 3.8) is 0 Å². The lowest BCUT2D eigenvalue weighted by molar-refractivity contribution is 0.633. The summed E-state index contributed by atoms with van der Waals surface area (Å²) in [6, 6.07) is 5.09. The molecule has 0 aliphatic carbocycles. The first-order valence-corrected chi connectivity index (χ1v) is 4.80. The Morgan fingerprint density at radius 1 is 1.18 bits per heavy atom. The van der Waals surface area contributed by atoms with Gasteiger partial charge in [-0.1, -0.05) is 22.0 Å². The lowest BCUT2D eigenvalue weighted by Crippen LogP contribution is -1.78. The standard InChI is InChI=1S/C6H4BrF3S/c7-5-2-1-3-6(4-5)11(8,9)10/h1-4H. The second-order valence-corrected chi connectivity index (χ2v) is 4.06. The van der Waals surface area contributed by atoms with Gasteiger partial charge in [0.15, 0.2) is 0 Å². The molecule has 0 unspecified atom stereocenters. The molecule has 0 saturated carbocycles. The quantitative estimate of drug-likeness (QED) is 0.693. The second-order valence-electron chi connectivity index (χ2n) is 1.86. The topological polar surface area (TPSA) is 0 Å². The van der Waals surface area contributed by atoms with Gasteiger partial charge < -0.3 is 0 Å². The third-order valence-corrected chi connectivity index (χ3v) is 2.35. The van der Waals surface area contributed by atoms with Gasteiger partial charge in [0.2, 0.25) is 11.2 Å². The minimum Gasteiger partial charge on any atom is -0.120 e. The molecule has 0 aliphatic heterocycles. The van der Waals surface area contributed by atoms with Gasteiger partial charge in [0.25, 0.3) is 0 Å². The summed E-state index contributed by atoms with van der Waals surface area (Å²) in [5.74, 6) is 0. The van der Waals surface area contributed by atoms with Crippen molar-refractivity contribution >= 4 is 27.1 Å². The fraction of sp³-hybridized carbons (Fsp3) is 0. The molecule has 1 aromatic rings. The molecular weight excluding hydrogens is 241 g/mol. The average Bonchev–Trinajstić information content (AvgIpc) is 1.86. The van der Waals surface area contributed by atoms with E-state index < -0.39 is 16.1 Å². The molecule has 11 heavy (non-hydrogen) atoms. The molecule has 0 atom stereocenters. The summed E-state index contributed by atoms with van der Waals surface area (Å²) in [4.78, 5) is -0.549. The third-order valence-electron chi connectivity index (χ3n) is 1.06. The molecule has 1 rings (SSSR count). The molecule has 0 fully saturated rings. The van der Waals surface area contributed by atoms with E-state index in [9.17, 15) is 11.7 Å². The van der Waals surface area contributed by atoms with Crippen LogP contribution in [0.3, 0.4) is 0 Å². The monoisotopic (exact) mass is 244 g/mol. The maximum atomic E-state index is 12.0. The van der Waals surface area contributed by atoms with Gasteiger partial charge >= 0.3 is 0 Å². The van der Waals surface area contributed by atoms with Crippen LogP contribution in [0.4, 0.5) is 11.7 Å². The summed E-state index contributed by atoms with van der Waals surface area (Å²) < 4.78 is 36.5. The van der Waals surface area contributed by atoms with E-state index in [2.05, 4.69) is 15.9 Å². The van der Waals surface area contributed by atoms with E-state index >= 15 is 0 Å². The molecule has 62 valence electrons. The van der Waals surface area contributed by atoms with Crippen molar-refractivity contribution < 1.29 is 11.7 Å². The maximum absolute atomic E-state index is 12.0. The fourth-order valence-electron chi connectivity index (χ4n) is 0.611. The van der Waals surface area contributed by atoms with E-state index in [1.807, 2.05) is 0 Å². The Hall–Kier alpha value is -0.160. The van der Waals surface area contributed by atoms with Crippen LogP contribution < -0.4 is 0 Å². The molecule has 0 heterocycles. The summed E-state index contributed by atoms with van der Waals surface area (Å²) in [5.41, 5.74) is 0. The highest BCUT2D eigenvalue weighted by molar-refractivity contribution is 9.10. The number of hydrogen-bond acceptors (Lipinski definition) is 0. The lowest BCUT2D eigenvalue weighted by atomic mass is 10.4. The fourth-order valence-corrected chi connectivity index (χ4v) is 1.66. The van der Waals surface area contributed by atoms with E-state index in [0.717, 1.165) is 12.1 Å². The number of halogens is 4. The van der Waals surface area contributed by atoms with Crippen LogP contribution in [0, 0.1) is 0 Å². The van der Waals surface area contributed by atoms with Gasteiger partial charge in [-0.15, -0.1) is 11.7 Å². The van der Waals surface area contributed by atoms with Crippen LogP contribution in [0.25, 0.3) is 0 Å². The highest BCUT2D eigenvalue weighted by Gasteiger charge is 2.23. The van der Waals surface area contributed by atoms with Crippen LogP contribution in [0.5, 0.6) is 0 Å². The Morgan fingerprint density at radius 3 is 2.18 bits per heavy atom. The summed E-state index contributed by atoms with van der Waals surface area (Å²) in [6.07, 6.45) is 0. The summed E-state index contributed by atoms with van der Waals surface area (Å²) in [5, 5.41) is 0. The van der Waals surface area contributed by atoms with E-state index in [-0.39, 0.29) is 0 Å². The summed E-state index contributed by atoms with van der Waals surface area (Å²) >= 11 is -2.09. The first-order chi connectivity index (χ1) is 5.00. The van der Waals surface area contributed by atoms with E-state index in [0.29, 0.717) is 4.47 Å². The van der Waals surface area contributed by atoms with E-state index in [4.69, 9.17) is 0 Å². The van der Waals surface area contributed by atoms with Crippen molar-refractivity contribution in [2.75, 3.05) is 0 Å². The van der Waals surface area contributed by atoms with Crippen LogP contribution in [0.1, 0.15) is 0 Å². The SMILES string of the molecule is FS(F)(F)c1cccc(Br)c1. The second kappa shape index (κ2) is 3.06. The van der Waals surface area contributed by atoms with Crippen LogP contribution >= 0.6 is 27.1 Å². The molecule has 0 saturated heterocycles. The van der Waals surface area contributed by atoms with Gasteiger partial charge in [0, 0.05) is 4.47 Å². The van der Waals surface area contributed by atoms with Crippen LogP contribution in [-0.2, 0) is 0 Å². The molecule has 0 aromatic heterocycles. The molecule has 0 bridgehead atoms. The lowest BCUT2D eigenvalue weighted by Gasteiger charge is -2.08. The molecule has 0 spiro atoms. The minimum atomic E-state index is -5.06. The van der Waals surface area contributed by atoms with E-state index in [1.165, 1.54) is 6.07 Å². The van der Waals surface area contributed by atoms with Gasteiger partial charge in [-0.2, -0.15) is 0 Å². The normalized spacial score (nSPS) is 13.1. The molecule has 0 N–H and O–H groups in total. The molecule has 0 aliphatic rings. The zero-order valence-electron chi connectivity index (χ0n) is 5.23. The highest BCUT2D eigenvalue weighted by Crippen LogP contribution is 2.60. The Kier molecular flexibility index (Phi) is 2.49. The smallest absolute Gasteiger partial charge is 0.120 e. The summed E-state index contributed by atoms with van der Waals surface area (Å²) in [6.45, 7) is 0.